The SMILES string of the molecule is CCc1ccc(C(=O)COC(=O)[C@H]2CC(=O)N([C@H](C)c3ccccc3)C2)cc1. The van der Waals surface area contributed by atoms with E-state index in [0.717, 1.165) is 17.5 Å². The molecular formula is C23H25NO4. The Morgan fingerprint density at radius 2 is 1.79 bits per heavy atom. The molecule has 0 radical (unpaired) electrons. The second kappa shape index (κ2) is 8.83. The molecule has 1 aliphatic rings. The monoisotopic (exact) mass is 379 g/mol. The summed E-state index contributed by atoms with van der Waals surface area (Å²) >= 11 is 0. The van der Waals surface area contributed by atoms with Gasteiger partial charge in [-0.05, 0) is 24.5 Å². The molecule has 1 heterocycles. The largest absolute Gasteiger partial charge is 0.457 e. The lowest BCUT2D eigenvalue weighted by Crippen LogP contribution is -2.30. The number of ketones is 1. The van der Waals surface area contributed by atoms with Crippen LogP contribution in [0.15, 0.2) is 54.6 Å². The van der Waals surface area contributed by atoms with Gasteiger partial charge in [0.05, 0.1) is 12.0 Å². The number of carbonyl (C=O) groups excluding carboxylic acids is 3. The third-order valence-electron chi connectivity index (χ3n) is 5.27. The Morgan fingerprint density at radius 3 is 2.43 bits per heavy atom. The van der Waals surface area contributed by atoms with Crippen LogP contribution in [0.1, 0.15) is 47.8 Å². The van der Waals surface area contributed by atoms with Gasteiger partial charge in [0.15, 0.2) is 12.4 Å². The summed E-state index contributed by atoms with van der Waals surface area (Å²) in [7, 11) is 0. The first-order chi connectivity index (χ1) is 13.5. The van der Waals surface area contributed by atoms with Gasteiger partial charge in [-0.25, -0.2) is 0 Å². The van der Waals surface area contributed by atoms with E-state index in [-0.39, 0.29) is 30.8 Å². The summed E-state index contributed by atoms with van der Waals surface area (Å²) in [5.41, 5.74) is 2.69. The molecule has 2 atom stereocenters. The van der Waals surface area contributed by atoms with Gasteiger partial charge in [0.1, 0.15) is 0 Å². The van der Waals surface area contributed by atoms with Gasteiger partial charge in [-0.15, -0.1) is 0 Å². The maximum absolute atomic E-state index is 12.4. The Balaban J connectivity index is 1.55. The molecule has 0 unspecified atom stereocenters. The molecule has 5 nitrogen and oxygen atoms in total. The summed E-state index contributed by atoms with van der Waals surface area (Å²) in [6.45, 7) is 4.00. The highest BCUT2D eigenvalue weighted by atomic mass is 16.5. The van der Waals surface area contributed by atoms with Gasteiger partial charge in [-0.3, -0.25) is 14.4 Å². The highest BCUT2D eigenvalue weighted by Crippen LogP contribution is 2.29. The van der Waals surface area contributed by atoms with Gasteiger partial charge >= 0.3 is 5.97 Å². The van der Waals surface area contributed by atoms with Crippen LogP contribution in [0, 0.1) is 5.92 Å². The molecule has 0 spiro atoms. The van der Waals surface area contributed by atoms with Gasteiger partial charge < -0.3 is 9.64 Å². The molecule has 28 heavy (non-hydrogen) atoms. The summed E-state index contributed by atoms with van der Waals surface area (Å²) in [6, 6.07) is 16.9. The molecule has 1 saturated heterocycles. The van der Waals surface area contributed by atoms with E-state index in [2.05, 4.69) is 0 Å². The van der Waals surface area contributed by atoms with Gasteiger partial charge in [0.2, 0.25) is 5.91 Å². The highest BCUT2D eigenvalue weighted by Gasteiger charge is 2.38. The zero-order chi connectivity index (χ0) is 20.1. The molecule has 2 aromatic carbocycles. The summed E-state index contributed by atoms with van der Waals surface area (Å²) < 4.78 is 5.21. The number of likely N-dealkylation sites (tertiary alicyclic amines) is 1. The molecule has 0 N–H and O–H groups in total. The van der Waals surface area contributed by atoms with Crippen LogP contribution < -0.4 is 0 Å². The third-order valence-corrected chi connectivity index (χ3v) is 5.27. The van der Waals surface area contributed by atoms with Crippen LogP contribution in [0.25, 0.3) is 0 Å². The lowest BCUT2D eigenvalue weighted by Gasteiger charge is -2.25. The molecule has 2 aromatic rings. The van der Waals surface area contributed by atoms with Gasteiger partial charge in [-0.1, -0.05) is 61.5 Å². The number of amides is 1. The zero-order valence-electron chi connectivity index (χ0n) is 16.3. The van der Waals surface area contributed by atoms with Crippen molar-refractivity contribution in [2.75, 3.05) is 13.2 Å². The van der Waals surface area contributed by atoms with E-state index in [1.54, 1.807) is 17.0 Å². The van der Waals surface area contributed by atoms with Crippen molar-refractivity contribution in [1.82, 2.24) is 4.90 Å². The molecule has 3 rings (SSSR count). The zero-order valence-corrected chi connectivity index (χ0v) is 16.3. The van der Waals surface area contributed by atoms with Crippen molar-refractivity contribution < 1.29 is 19.1 Å². The molecule has 5 heteroatoms. The Kier molecular flexibility index (Phi) is 6.24. The molecule has 0 aromatic heterocycles. The topological polar surface area (TPSA) is 63.7 Å². The molecule has 1 aliphatic heterocycles. The minimum atomic E-state index is -0.533. The summed E-state index contributed by atoms with van der Waals surface area (Å²) in [5.74, 6) is -1.34. The normalized spacial score (nSPS) is 17.4. The van der Waals surface area contributed by atoms with E-state index >= 15 is 0 Å². The van der Waals surface area contributed by atoms with Crippen LogP contribution in [-0.4, -0.2) is 35.7 Å². The van der Waals surface area contributed by atoms with Gasteiger partial charge in [0, 0.05) is 18.5 Å². The minimum absolute atomic E-state index is 0.0696. The number of Topliss-reactive ketones (excluding diaryl/α,β-unsaturated/α-hetero) is 1. The fourth-order valence-corrected chi connectivity index (χ4v) is 3.44. The maximum Gasteiger partial charge on any atom is 0.311 e. The number of hydrogen-bond donors (Lipinski definition) is 0. The number of hydrogen-bond acceptors (Lipinski definition) is 4. The van der Waals surface area contributed by atoms with Crippen molar-refractivity contribution in [2.24, 2.45) is 5.92 Å². The summed E-state index contributed by atoms with van der Waals surface area (Å²) in [6.07, 6.45) is 1.02. The predicted molar refractivity (Wildman–Crippen MR) is 106 cm³/mol. The average molecular weight is 379 g/mol. The van der Waals surface area contributed by atoms with Crippen molar-refractivity contribution in [3.05, 3.63) is 71.3 Å². The van der Waals surface area contributed by atoms with Crippen LogP contribution in [0.5, 0.6) is 0 Å². The van der Waals surface area contributed by atoms with Crippen molar-refractivity contribution in [3.8, 4) is 0 Å². The van der Waals surface area contributed by atoms with E-state index in [1.807, 2.05) is 56.3 Å². The number of nitrogens with zero attached hydrogens (tertiary/aromatic N) is 1. The smallest absolute Gasteiger partial charge is 0.311 e. The van der Waals surface area contributed by atoms with Crippen LogP contribution in [0.2, 0.25) is 0 Å². The highest BCUT2D eigenvalue weighted by molar-refractivity contribution is 5.98. The average Bonchev–Trinajstić information content (AvgIpc) is 3.13. The minimum Gasteiger partial charge on any atom is -0.457 e. The van der Waals surface area contributed by atoms with Crippen molar-refractivity contribution in [3.63, 3.8) is 0 Å². The summed E-state index contributed by atoms with van der Waals surface area (Å²) in [4.78, 5) is 38.7. The predicted octanol–water partition coefficient (Wildman–Crippen LogP) is 3.58. The standard InChI is InChI=1S/C23H25NO4/c1-3-17-9-11-19(12-10-17)21(25)15-28-23(27)20-13-22(26)24(14-20)16(2)18-7-5-4-6-8-18/h4-12,16,20H,3,13-15H2,1-2H3/t16-,20+/m1/s1. The second-order valence-corrected chi connectivity index (χ2v) is 7.12. The molecule has 0 aliphatic carbocycles. The van der Waals surface area contributed by atoms with E-state index in [0.29, 0.717) is 12.1 Å². The van der Waals surface area contributed by atoms with Crippen LogP contribution in [-0.2, 0) is 20.7 Å². The van der Waals surface area contributed by atoms with E-state index in [9.17, 15) is 14.4 Å². The Bertz CT molecular complexity index is 845. The second-order valence-electron chi connectivity index (χ2n) is 7.12. The Labute approximate surface area is 165 Å². The number of carbonyl (C=O) groups is 3. The quantitative estimate of drug-likeness (QED) is 0.545. The van der Waals surface area contributed by atoms with Crippen LogP contribution in [0.3, 0.4) is 0 Å². The molecule has 1 amide bonds. The molecule has 0 bridgehead atoms. The van der Waals surface area contributed by atoms with Gasteiger partial charge in [0.25, 0.3) is 0 Å². The maximum atomic E-state index is 12.4. The molecule has 1 fully saturated rings. The summed E-state index contributed by atoms with van der Waals surface area (Å²) in [5, 5.41) is 0. The molecule has 0 saturated carbocycles. The molecular weight excluding hydrogens is 354 g/mol. The number of aryl methyl sites for hydroxylation is 1. The Hall–Kier alpha value is -2.95. The van der Waals surface area contributed by atoms with E-state index in [1.165, 1.54) is 0 Å². The first kappa shape index (κ1) is 19.8. The Morgan fingerprint density at radius 1 is 1.11 bits per heavy atom. The first-order valence-electron chi connectivity index (χ1n) is 9.62. The van der Waals surface area contributed by atoms with Crippen LogP contribution >= 0.6 is 0 Å². The van der Waals surface area contributed by atoms with E-state index < -0.39 is 11.9 Å². The number of benzene rings is 2. The lowest BCUT2D eigenvalue weighted by atomic mass is 10.1. The number of rotatable bonds is 7. The lowest BCUT2D eigenvalue weighted by molar-refractivity contribution is -0.147. The van der Waals surface area contributed by atoms with Crippen molar-refractivity contribution in [1.29, 1.82) is 0 Å². The van der Waals surface area contributed by atoms with Gasteiger partial charge in [-0.2, -0.15) is 0 Å². The molecule has 146 valence electrons. The fourth-order valence-electron chi connectivity index (χ4n) is 3.44. The fraction of sp³-hybridized carbons (Fsp3) is 0.348. The first-order valence-corrected chi connectivity index (χ1v) is 9.62. The number of ether oxygens (including phenoxy) is 1. The number of esters is 1. The third kappa shape index (κ3) is 4.47. The van der Waals surface area contributed by atoms with Crippen molar-refractivity contribution in [2.45, 2.75) is 32.7 Å². The van der Waals surface area contributed by atoms with Crippen LogP contribution in [0.4, 0.5) is 0 Å². The van der Waals surface area contributed by atoms with E-state index in [4.69, 9.17) is 4.74 Å². The van der Waals surface area contributed by atoms with Crippen molar-refractivity contribution >= 4 is 17.7 Å².